The van der Waals surface area contributed by atoms with E-state index >= 15 is 0 Å². The fourth-order valence-electron chi connectivity index (χ4n) is 12.8. The second kappa shape index (κ2) is 9.54. The van der Waals surface area contributed by atoms with Gasteiger partial charge in [-0.2, -0.15) is 0 Å². The highest BCUT2D eigenvalue weighted by Gasteiger charge is 2.74. The topological polar surface area (TPSA) is 79.3 Å². The van der Waals surface area contributed by atoms with Crippen LogP contribution in [0.1, 0.15) is 104 Å². The number of aliphatic hydroxyl groups excluding tert-OH is 2. The average molecular weight is 579 g/mol. The largest absolute Gasteiger partial charge is 0.460 e. The van der Waals surface area contributed by atoms with Crippen LogP contribution in [0.2, 0.25) is 0 Å². The highest BCUT2D eigenvalue weighted by Crippen LogP contribution is 2.78. The maximum absolute atomic E-state index is 14.3. The van der Waals surface area contributed by atoms with Crippen LogP contribution in [0.4, 0.5) is 0 Å². The SMILES string of the molecule is CC1(C2CC[C@]3(C(=O)OCc4ccccc4)CC[C@]4(C)C(CCC5[C@@]6(C)CC[C@H](O)[C@@](C)(CO)[C@@H]6CC[C@]54C)C23)CO1. The molecule has 42 heavy (non-hydrogen) atoms. The number of rotatable bonds is 5. The van der Waals surface area contributed by atoms with Gasteiger partial charge < -0.3 is 19.7 Å². The summed E-state index contributed by atoms with van der Waals surface area (Å²) in [6.07, 6.45) is 9.92. The lowest BCUT2D eigenvalue weighted by Crippen LogP contribution is -2.68. The second-order valence-corrected chi connectivity index (χ2v) is 16.9. The van der Waals surface area contributed by atoms with Gasteiger partial charge in [-0.15, -0.1) is 0 Å². The number of fused-ring (bicyclic) bond motifs is 7. The van der Waals surface area contributed by atoms with Gasteiger partial charge in [-0.3, -0.25) is 4.79 Å². The predicted molar refractivity (Wildman–Crippen MR) is 162 cm³/mol. The van der Waals surface area contributed by atoms with Gasteiger partial charge >= 0.3 is 5.97 Å². The molecule has 2 N–H and O–H groups in total. The molecule has 1 aromatic carbocycles. The molecule has 7 rings (SSSR count). The van der Waals surface area contributed by atoms with Crippen LogP contribution in [0, 0.1) is 56.7 Å². The standard InChI is InChI=1S/C37H54O5/c1-32-16-15-29(39)33(2,22-38)27(32)14-17-35(4)28(32)12-11-25-30-26(36(5)23-42-36)13-18-37(30,20-19-34(25,35)3)31(40)41-21-24-9-7-6-8-10-24/h6-10,25-30,38-39H,11-23H2,1-5H3/t25?,26?,27-,28?,29+,30?,32+,33+,34-,35-,36?,37+/m1/s1. The zero-order valence-electron chi connectivity index (χ0n) is 26.7. The maximum atomic E-state index is 14.3. The number of benzene rings is 1. The summed E-state index contributed by atoms with van der Waals surface area (Å²) in [5, 5.41) is 21.6. The lowest BCUT2D eigenvalue weighted by molar-refractivity contribution is -0.256. The van der Waals surface area contributed by atoms with Crippen molar-refractivity contribution in [2.75, 3.05) is 13.2 Å². The van der Waals surface area contributed by atoms with Gasteiger partial charge in [0, 0.05) is 5.41 Å². The van der Waals surface area contributed by atoms with E-state index in [9.17, 15) is 15.0 Å². The van der Waals surface area contributed by atoms with Crippen LogP contribution in [-0.4, -0.2) is 41.1 Å². The van der Waals surface area contributed by atoms with E-state index in [2.05, 4.69) is 34.6 Å². The van der Waals surface area contributed by atoms with Crippen molar-refractivity contribution in [2.45, 2.75) is 117 Å². The second-order valence-electron chi connectivity index (χ2n) is 16.9. The van der Waals surface area contributed by atoms with E-state index in [1.54, 1.807) is 0 Å². The molecular weight excluding hydrogens is 524 g/mol. The average Bonchev–Trinajstić information content (AvgIpc) is 3.59. The monoisotopic (exact) mass is 578 g/mol. The van der Waals surface area contributed by atoms with Gasteiger partial charge in [0.1, 0.15) is 6.61 Å². The lowest BCUT2D eigenvalue weighted by atomic mass is 9.32. The molecule has 5 saturated carbocycles. The number of carbonyl (C=O) groups excluding carboxylic acids is 1. The Morgan fingerprint density at radius 3 is 2.29 bits per heavy atom. The third-order valence-electron chi connectivity index (χ3n) is 15.6. The Morgan fingerprint density at radius 2 is 1.60 bits per heavy atom. The maximum Gasteiger partial charge on any atom is 0.312 e. The molecule has 5 aliphatic carbocycles. The van der Waals surface area contributed by atoms with E-state index in [0.29, 0.717) is 36.2 Å². The molecule has 5 unspecified atom stereocenters. The minimum absolute atomic E-state index is 0.0353. The number of epoxide rings is 1. The van der Waals surface area contributed by atoms with Crippen molar-refractivity contribution in [1.82, 2.24) is 0 Å². The van der Waals surface area contributed by atoms with E-state index in [1.807, 2.05) is 30.3 Å². The van der Waals surface area contributed by atoms with Crippen LogP contribution in [0.5, 0.6) is 0 Å². The number of ether oxygens (including phenoxy) is 2. The molecule has 12 atom stereocenters. The molecule has 232 valence electrons. The summed E-state index contributed by atoms with van der Waals surface area (Å²) in [6.45, 7) is 13.4. The van der Waals surface area contributed by atoms with Crippen molar-refractivity contribution in [3.05, 3.63) is 35.9 Å². The van der Waals surface area contributed by atoms with E-state index in [4.69, 9.17) is 9.47 Å². The molecule has 6 fully saturated rings. The van der Waals surface area contributed by atoms with Crippen molar-refractivity contribution in [2.24, 2.45) is 56.7 Å². The van der Waals surface area contributed by atoms with Crippen molar-refractivity contribution in [1.29, 1.82) is 0 Å². The van der Waals surface area contributed by atoms with Crippen LogP contribution in [0.25, 0.3) is 0 Å². The third-order valence-corrected chi connectivity index (χ3v) is 15.6. The minimum atomic E-state index is -0.426. The van der Waals surface area contributed by atoms with Gasteiger partial charge in [0.2, 0.25) is 0 Å². The summed E-state index contributed by atoms with van der Waals surface area (Å²) in [5.41, 5.74) is 0.528. The zero-order chi connectivity index (χ0) is 29.8. The molecule has 0 aromatic heterocycles. The van der Waals surface area contributed by atoms with Gasteiger partial charge in [0.25, 0.3) is 0 Å². The Hall–Kier alpha value is -1.43. The smallest absolute Gasteiger partial charge is 0.312 e. The first-order valence-electron chi connectivity index (χ1n) is 17.0. The Labute approximate surface area is 253 Å². The van der Waals surface area contributed by atoms with Crippen molar-refractivity contribution in [3.63, 3.8) is 0 Å². The van der Waals surface area contributed by atoms with Gasteiger partial charge in [-0.05, 0) is 123 Å². The van der Waals surface area contributed by atoms with Crippen LogP contribution >= 0.6 is 0 Å². The van der Waals surface area contributed by atoms with Crippen molar-refractivity contribution in [3.8, 4) is 0 Å². The number of aliphatic hydroxyl groups is 2. The van der Waals surface area contributed by atoms with E-state index < -0.39 is 16.9 Å². The molecule has 5 heteroatoms. The van der Waals surface area contributed by atoms with E-state index in [1.165, 1.54) is 6.42 Å². The van der Waals surface area contributed by atoms with E-state index in [-0.39, 0.29) is 34.4 Å². The molecule has 6 aliphatic rings. The summed E-state index contributed by atoms with van der Waals surface area (Å²) in [5.74, 6) is 2.11. The Kier molecular flexibility index (Phi) is 6.65. The third kappa shape index (κ3) is 3.75. The molecule has 1 aromatic rings. The van der Waals surface area contributed by atoms with Gasteiger partial charge in [-0.25, -0.2) is 0 Å². The van der Waals surface area contributed by atoms with Crippen LogP contribution < -0.4 is 0 Å². The summed E-state index contributed by atoms with van der Waals surface area (Å²) >= 11 is 0. The Balaban J connectivity index is 1.23. The minimum Gasteiger partial charge on any atom is -0.460 e. The molecular formula is C37H54O5. The summed E-state index contributed by atoms with van der Waals surface area (Å²) in [7, 11) is 0. The quantitative estimate of drug-likeness (QED) is 0.293. The molecule has 5 nitrogen and oxygen atoms in total. The number of esters is 1. The van der Waals surface area contributed by atoms with Gasteiger partial charge in [-0.1, -0.05) is 58.0 Å². The highest BCUT2D eigenvalue weighted by atomic mass is 16.6. The molecule has 0 radical (unpaired) electrons. The first-order valence-corrected chi connectivity index (χ1v) is 17.0. The van der Waals surface area contributed by atoms with Crippen molar-refractivity contribution >= 4 is 5.97 Å². The van der Waals surface area contributed by atoms with Crippen LogP contribution in [-0.2, 0) is 20.9 Å². The number of carbonyl (C=O) groups is 1. The first kappa shape index (κ1) is 29.3. The Bertz CT molecular complexity index is 1210. The molecule has 0 bridgehead atoms. The van der Waals surface area contributed by atoms with Gasteiger partial charge in [0.05, 0.1) is 30.3 Å². The molecule has 1 heterocycles. The van der Waals surface area contributed by atoms with Crippen molar-refractivity contribution < 1.29 is 24.5 Å². The lowest BCUT2D eigenvalue weighted by Gasteiger charge is -2.72. The summed E-state index contributed by atoms with van der Waals surface area (Å²) in [4.78, 5) is 14.3. The summed E-state index contributed by atoms with van der Waals surface area (Å²) in [6, 6.07) is 10.1. The number of hydrogen-bond acceptors (Lipinski definition) is 5. The molecule has 1 saturated heterocycles. The van der Waals surface area contributed by atoms with Crippen LogP contribution in [0.3, 0.4) is 0 Å². The predicted octanol–water partition coefficient (Wildman–Crippen LogP) is 6.93. The normalized spacial score (nSPS) is 52.8. The number of hydrogen-bond donors (Lipinski definition) is 2. The zero-order valence-corrected chi connectivity index (χ0v) is 26.7. The van der Waals surface area contributed by atoms with E-state index in [0.717, 1.165) is 70.0 Å². The Morgan fingerprint density at radius 1 is 0.857 bits per heavy atom. The fourth-order valence-corrected chi connectivity index (χ4v) is 12.8. The highest BCUT2D eigenvalue weighted by molar-refractivity contribution is 5.78. The fraction of sp³-hybridized carbons (Fsp3) is 0.811. The first-order chi connectivity index (χ1) is 19.9. The summed E-state index contributed by atoms with van der Waals surface area (Å²) < 4.78 is 12.4. The molecule has 0 amide bonds. The molecule has 1 aliphatic heterocycles. The van der Waals surface area contributed by atoms with Crippen LogP contribution in [0.15, 0.2) is 30.3 Å². The van der Waals surface area contributed by atoms with Gasteiger partial charge in [0.15, 0.2) is 0 Å². The molecule has 0 spiro atoms.